The van der Waals surface area contributed by atoms with Crippen molar-refractivity contribution in [1.82, 2.24) is 9.97 Å². The molecule has 0 saturated heterocycles. The van der Waals surface area contributed by atoms with Crippen LogP contribution in [0.2, 0.25) is 0 Å². The Morgan fingerprint density at radius 3 is 1.60 bits per heavy atom. The van der Waals surface area contributed by atoms with E-state index in [1.54, 1.807) is 6.33 Å². The van der Waals surface area contributed by atoms with Crippen molar-refractivity contribution < 1.29 is 8.83 Å². The molecule has 0 atom stereocenters. The second-order valence-electron chi connectivity index (χ2n) is 13.3. The first kappa shape index (κ1) is 28.8. The van der Waals surface area contributed by atoms with Crippen LogP contribution < -0.4 is 0 Å². The van der Waals surface area contributed by atoms with E-state index in [4.69, 9.17) is 18.8 Å². The Kier molecular flexibility index (Phi) is 6.22. The van der Waals surface area contributed by atoms with E-state index < -0.39 is 0 Å². The first-order chi connectivity index (χ1) is 25.8. The van der Waals surface area contributed by atoms with Crippen molar-refractivity contribution in [3.05, 3.63) is 170 Å². The molecule has 52 heavy (non-hydrogen) atoms. The highest BCUT2D eigenvalue weighted by Crippen LogP contribution is 2.40. The summed E-state index contributed by atoms with van der Waals surface area (Å²) in [7, 11) is 0. The molecule has 0 aliphatic rings. The van der Waals surface area contributed by atoms with E-state index in [1.807, 2.05) is 30.3 Å². The van der Waals surface area contributed by atoms with Crippen molar-refractivity contribution in [2.24, 2.45) is 0 Å². The Balaban J connectivity index is 0.974. The molecule has 0 saturated carbocycles. The van der Waals surface area contributed by atoms with Crippen molar-refractivity contribution in [1.29, 1.82) is 0 Å². The zero-order valence-electron chi connectivity index (χ0n) is 27.9. The minimum atomic E-state index is 0.844. The van der Waals surface area contributed by atoms with Crippen molar-refractivity contribution >= 4 is 65.6 Å². The second-order valence-corrected chi connectivity index (χ2v) is 13.3. The molecule has 0 fully saturated rings. The van der Waals surface area contributed by atoms with Crippen LogP contribution in [0.15, 0.2) is 179 Å². The lowest BCUT2D eigenvalue weighted by Crippen LogP contribution is -1.91. The molecule has 11 rings (SSSR count). The lowest BCUT2D eigenvalue weighted by molar-refractivity contribution is 0.669. The van der Waals surface area contributed by atoms with Gasteiger partial charge in [-0.25, -0.2) is 9.97 Å². The maximum Gasteiger partial charge on any atom is 0.144 e. The molecule has 0 spiro atoms. The van der Waals surface area contributed by atoms with Gasteiger partial charge in [0.25, 0.3) is 0 Å². The van der Waals surface area contributed by atoms with Crippen LogP contribution in [0.1, 0.15) is 0 Å². The van der Waals surface area contributed by atoms with Gasteiger partial charge in [0.1, 0.15) is 28.7 Å². The lowest BCUT2D eigenvalue weighted by Gasteiger charge is -2.11. The first-order valence-corrected chi connectivity index (χ1v) is 17.5. The fourth-order valence-electron chi connectivity index (χ4n) is 7.90. The van der Waals surface area contributed by atoms with Gasteiger partial charge in [0.2, 0.25) is 0 Å². The Morgan fingerprint density at radius 1 is 0.346 bits per heavy atom. The van der Waals surface area contributed by atoms with Crippen LogP contribution in [-0.4, -0.2) is 9.97 Å². The van der Waals surface area contributed by atoms with Gasteiger partial charge >= 0.3 is 0 Å². The fourth-order valence-corrected chi connectivity index (χ4v) is 7.90. The zero-order valence-corrected chi connectivity index (χ0v) is 27.9. The van der Waals surface area contributed by atoms with Gasteiger partial charge in [-0.3, -0.25) is 0 Å². The standard InChI is InChI=1S/C48H28N2O2/c1-3-19-43-37(13-1)39-16-7-15-36(47(39)51-43)33-12-6-11-31(26-33)29-9-5-10-30(25-29)32-21-23-35-34(27-32)22-24-41-45(35)49-28-50-46(41)42-18-8-17-40-38-14-2-4-20-44(38)52-48(40)42/h1-28H. The number of fused-ring (bicyclic) bond motifs is 9. The van der Waals surface area contributed by atoms with Gasteiger partial charge < -0.3 is 8.83 Å². The van der Waals surface area contributed by atoms with Gasteiger partial charge in [-0.05, 0) is 75.7 Å². The van der Waals surface area contributed by atoms with E-state index in [1.165, 1.54) is 0 Å². The maximum atomic E-state index is 6.37. The average molecular weight is 665 g/mol. The number of para-hydroxylation sites is 4. The molecule has 11 aromatic rings. The minimum absolute atomic E-state index is 0.844. The van der Waals surface area contributed by atoms with E-state index >= 15 is 0 Å². The van der Waals surface area contributed by atoms with Gasteiger partial charge in [0.15, 0.2) is 0 Å². The predicted octanol–water partition coefficient (Wildman–Crippen LogP) is 13.2. The van der Waals surface area contributed by atoms with Gasteiger partial charge in [0.05, 0.1) is 11.2 Å². The molecule has 0 aliphatic carbocycles. The summed E-state index contributed by atoms with van der Waals surface area (Å²) >= 11 is 0. The van der Waals surface area contributed by atoms with E-state index in [0.717, 1.165) is 110 Å². The number of nitrogens with zero attached hydrogens (tertiary/aromatic N) is 2. The van der Waals surface area contributed by atoms with Crippen LogP contribution in [0.4, 0.5) is 0 Å². The highest BCUT2D eigenvalue weighted by molar-refractivity contribution is 6.15. The van der Waals surface area contributed by atoms with E-state index in [-0.39, 0.29) is 0 Å². The zero-order chi connectivity index (χ0) is 34.2. The molecule has 8 aromatic carbocycles. The monoisotopic (exact) mass is 664 g/mol. The summed E-state index contributed by atoms with van der Waals surface area (Å²) in [6.07, 6.45) is 1.67. The summed E-state index contributed by atoms with van der Waals surface area (Å²) in [5.41, 5.74) is 13.1. The molecule has 0 N–H and O–H groups in total. The van der Waals surface area contributed by atoms with Crippen LogP contribution in [0.5, 0.6) is 0 Å². The highest BCUT2D eigenvalue weighted by Gasteiger charge is 2.17. The van der Waals surface area contributed by atoms with Crippen LogP contribution in [0.3, 0.4) is 0 Å². The summed E-state index contributed by atoms with van der Waals surface area (Å²) in [6, 6.07) is 57.5. The number of furan rings is 2. The molecule has 0 amide bonds. The largest absolute Gasteiger partial charge is 0.455 e. The fraction of sp³-hybridized carbons (Fsp3) is 0. The molecule has 0 bridgehead atoms. The minimum Gasteiger partial charge on any atom is -0.455 e. The smallest absolute Gasteiger partial charge is 0.144 e. The number of aromatic nitrogens is 2. The summed E-state index contributed by atoms with van der Waals surface area (Å²) in [4.78, 5) is 9.57. The van der Waals surface area contributed by atoms with Gasteiger partial charge in [0, 0.05) is 43.4 Å². The Bertz CT molecular complexity index is 3200. The van der Waals surface area contributed by atoms with Crippen LogP contribution >= 0.6 is 0 Å². The molecule has 4 nitrogen and oxygen atoms in total. The maximum absolute atomic E-state index is 6.37. The molecule has 3 aromatic heterocycles. The second kappa shape index (κ2) is 11.2. The Hall–Kier alpha value is -7.04. The van der Waals surface area contributed by atoms with Crippen molar-refractivity contribution in [2.75, 3.05) is 0 Å². The van der Waals surface area contributed by atoms with E-state index in [0.29, 0.717) is 0 Å². The highest BCUT2D eigenvalue weighted by atomic mass is 16.3. The Labute approximate surface area is 298 Å². The SMILES string of the molecule is c1cc(-c2cccc(-c3cccc4c3oc3ccccc34)c2)cc(-c2ccc3c(ccc4c(-c5cccc6c5oc5ccccc56)ncnc43)c2)c1. The summed E-state index contributed by atoms with van der Waals surface area (Å²) in [6.45, 7) is 0. The molecule has 0 aliphatic heterocycles. The van der Waals surface area contributed by atoms with E-state index in [9.17, 15) is 0 Å². The first-order valence-electron chi connectivity index (χ1n) is 17.5. The predicted molar refractivity (Wildman–Crippen MR) is 213 cm³/mol. The van der Waals surface area contributed by atoms with Crippen LogP contribution in [0.25, 0.3) is 110 Å². The number of benzene rings is 8. The molecule has 3 heterocycles. The molecular formula is C48H28N2O2. The third kappa shape index (κ3) is 4.41. The number of hydrogen-bond donors (Lipinski definition) is 0. The topological polar surface area (TPSA) is 52.1 Å². The third-order valence-electron chi connectivity index (χ3n) is 10.4. The van der Waals surface area contributed by atoms with Crippen molar-refractivity contribution in [3.63, 3.8) is 0 Å². The lowest BCUT2D eigenvalue weighted by atomic mass is 9.94. The summed E-state index contributed by atoms with van der Waals surface area (Å²) < 4.78 is 12.7. The molecule has 4 heteroatoms. The number of rotatable bonds is 4. The molecule has 0 radical (unpaired) electrons. The van der Waals surface area contributed by atoms with Crippen LogP contribution in [-0.2, 0) is 0 Å². The number of hydrogen-bond acceptors (Lipinski definition) is 4. The third-order valence-corrected chi connectivity index (χ3v) is 10.4. The van der Waals surface area contributed by atoms with E-state index in [2.05, 4.69) is 133 Å². The summed E-state index contributed by atoms with van der Waals surface area (Å²) in [5, 5.41) is 7.68. The normalized spacial score (nSPS) is 11.8. The quantitative estimate of drug-likeness (QED) is 0.176. The molecule has 0 unspecified atom stereocenters. The van der Waals surface area contributed by atoms with Gasteiger partial charge in [-0.15, -0.1) is 0 Å². The van der Waals surface area contributed by atoms with Crippen molar-refractivity contribution in [3.8, 4) is 44.6 Å². The Morgan fingerprint density at radius 2 is 0.885 bits per heavy atom. The average Bonchev–Trinajstić information content (AvgIpc) is 3.79. The summed E-state index contributed by atoms with van der Waals surface area (Å²) in [5.74, 6) is 0. The molecular weight excluding hydrogens is 637 g/mol. The van der Waals surface area contributed by atoms with Gasteiger partial charge in [-0.1, -0.05) is 121 Å². The molecule has 242 valence electrons. The van der Waals surface area contributed by atoms with Gasteiger partial charge in [-0.2, -0.15) is 0 Å². The van der Waals surface area contributed by atoms with Crippen molar-refractivity contribution in [2.45, 2.75) is 0 Å². The van der Waals surface area contributed by atoms with Crippen LogP contribution in [0, 0.1) is 0 Å².